The normalized spacial score (nSPS) is 17.1. The third-order valence-electron chi connectivity index (χ3n) is 9.76. The number of benzene rings is 4. The quantitative estimate of drug-likeness (QED) is 0.145. The van der Waals surface area contributed by atoms with Gasteiger partial charge in [-0.2, -0.15) is 0 Å². The highest BCUT2D eigenvalue weighted by molar-refractivity contribution is 8.15. The van der Waals surface area contributed by atoms with E-state index in [4.69, 9.17) is 9.98 Å². The van der Waals surface area contributed by atoms with Crippen LogP contribution in [0.5, 0.6) is 0 Å². The summed E-state index contributed by atoms with van der Waals surface area (Å²) in [5, 5.41) is 4.43. The molecule has 0 amide bonds. The summed E-state index contributed by atoms with van der Waals surface area (Å²) in [6, 6.07) is 35.3. The van der Waals surface area contributed by atoms with E-state index >= 15 is 0 Å². The number of aliphatic imine (C=N–C) groups is 2. The topological polar surface area (TPSA) is 39.0 Å². The van der Waals surface area contributed by atoms with Gasteiger partial charge in [0.2, 0.25) is 0 Å². The Bertz CT molecular complexity index is 2080. The molecule has 6 nitrogen and oxygen atoms in total. The summed E-state index contributed by atoms with van der Waals surface area (Å²) < 4.78 is 7.55. The van der Waals surface area contributed by atoms with E-state index in [1.807, 2.05) is 46.2 Å². The second-order valence-electron chi connectivity index (χ2n) is 13.1. The number of nitrogens with zero attached hydrogens (tertiary/aromatic N) is 6. The molecular formula is C41H44N6S4+2. The number of amidine groups is 2. The predicted molar refractivity (Wildman–Crippen MR) is 221 cm³/mol. The van der Waals surface area contributed by atoms with E-state index in [0.29, 0.717) is 0 Å². The van der Waals surface area contributed by atoms with Gasteiger partial charge in [-0.1, -0.05) is 68.8 Å². The first-order chi connectivity index (χ1) is 24.8. The van der Waals surface area contributed by atoms with Crippen LogP contribution in [0.3, 0.4) is 0 Å². The Kier molecular flexibility index (Phi) is 10.4. The van der Waals surface area contributed by atoms with E-state index in [2.05, 4.69) is 116 Å². The van der Waals surface area contributed by atoms with Crippen LogP contribution < -0.4 is 18.9 Å². The van der Waals surface area contributed by atoms with Crippen molar-refractivity contribution in [1.82, 2.24) is 0 Å². The number of thioether (sulfide) groups is 2. The Morgan fingerprint density at radius 2 is 0.882 bits per heavy atom. The highest BCUT2D eigenvalue weighted by Gasteiger charge is 2.33. The molecule has 5 heterocycles. The molecule has 51 heavy (non-hydrogen) atoms. The second kappa shape index (κ2) is 15.5. The molecule has 0 aliphatic carbocycles. The Balaban J connectivity index is 0.00000374. The van der Waals surface area contributed by atoms with Gasteiger partial charge in [0, 0.05) is 22.9 Å². The van der Waals surface area contributed by atoms with Crippen LogP contribution >= 0.6 is 46.2 Å². The molecule has 3 aliphatic heterocycles. The first-order valence-corrected chi connectivity index (χ1v) is 21.2. The summed E-state index contributed by atoms with van der Waals surface area (Å²) in [5.74, 6) is 0. The molecule has 10 heteroatoms. The van der Waals surface area contributed by atoms with Gasteiger partial charge in [0.15, 0.2) is 0 Å². The molecule has 0 atom stereocenters. The third kappa shape index (κ3) is 6.95. The van der Waals surface area contributed by atoms with Crippen molar-refractivity contribution in [1.29, 1.82) is 0 Å². The molecule has 4 aromatic carbocycles. The minimum absolute atomic E-state index is 0. The van der Waals surface area contributed by atoms with Crippen LogP contribution in [0.4, 0.5) is 21.6 Å². The number of para-hydroxylation sites is 4. The maximum absolute atomic E-state index is 5.44. The molecule has 3 aliphatic rings. The van der Waals surface area contributed by atoms with Gasteiger partial charge in [0.1, 0.15) is 11.0 Å². The van der Waals surface area contributed by atoms with Gasteiger partial charge in [-0.05, 0) is 143 Å². The van der Waals surface area contributed by atoms with Crippen LogP contribution in [0.2, 0.25) is 0 Å². The number of aromatic nitrogens is 2. The third-order valence-corrected chi connectivity index (χ3v) is 14.0. The molecule has 9 rings (SSSR count). The van der Waals surface area contributed by atoms with Gasteiger partial charge >= 0.3 is 10.3 Å². The molecule has 6 aromatic rings. The highest BCUT2D eigenvalue weighted by Crippen LogP contribution is 2.43. The van der Waals surface area contributed by atoms with Gasteiger partial charge in [0.05, 0.1) is 33.9 Å². The molecular weight excluding hydrogens is 705 g/mol. The van der Waals surface area contributed by atoms with Gasteiger partial charge in [-0.3, -0.25) is 9.80 Å². The van der Waals surface area contributed by atoms with E-state index in [9.17, 15) is 0 Å². The maximum Gasteiger partial charge on any atom is 0.386 e. The summed E-state index contributed by atoms with van der Waals surface area (Å²) in [5.41, 5.74) is 5.18. The van der Waals surface area contributed by atoms with Gasteiger partial charge in [-0.15, -0.1) is 0 Å². The molecule has 0 radical (unpaired) electrons. The van der Waals surface area contributed by atoms with Gasteiger partial charge < -0.3 is 0 Å². The standard InChI is InChI=1S/C40H40N6S4.CH4/c1-2-14-26-44-30-18-6-10-22-34(30)48-38(44)42-40-46(32-20-8-12-24-36(32)50-40)28-16-4-3-15-27-45-31-19-7-11-23-35(31)49-39(45)41-37-43(25-13-1)29-17-5-9-21-33(29)47-37;/h5-12,17-24H,1-4,13-16,25-28H2;1H4/q+2;. The van der Waals surface area contributed by atoms with Crippen LogP contribution in [-0.2, 0) is 13.1 Å². The lowest BCUT2D eigenvalue weighted by molar-refractivity contribution is -0.655. The zero-order valence-corrected chi connectivity index (χ0v) is 31.3. The monoisotopic (exact) mass is 748 g/mol. The largest absolute Gasteiger partial charge is 0.386 e. The summed E-state index contributed by atoms with van der Waals surface area (Å²) in [6.07, 6.45) is 9.28. The van der Waals surface area contributed by atoms with Crippen molar-refractivity contribution in [3.8, 4) is 0 Å². The lowest BCUT2D eigenvalue weighted by atomic mass is 10.1. The molecule has 0 saturated heterocycles. The molecule has 0 unspecified atom stereocenters. The second-order valence-corrected chi connectivity index (χ2v) is 17.1. The number of hydrogen-bond acceptors (Lipinski definition) is 8. The van der Waals surface area contributed by atoms with Crippen molar-refractivity contribution in [3.05, 3.63) is 97.1 Å². The average Bonchev–Trinajstić information content (AvgIpc) is 3.88. The fraction of sp³-hybridized carbons (Fsp3) is 0.317. The summed E-state index contributed by atoms with van der Waals surface area (Å²) in [7, 11) is 0. The number of fused-ring (bicyclic) bond motifs is 12. The Morgan fingerprint density at radius 3 is 1.37 bits per heavy atom. The summed E-state index contributed by atoms with van der Waals surface area (Å²) >= 11 is 7.29. The highest BCUT2D eigenvalue weighted by atomic mass is 32.2. The Hall–Kier alpha value is -3.70. The number of aryl methyl sites for hydroxylation is 2. The average molecular weight is 749 g/mol. The van der Waals surface area contributed by atoms with Gasteiger partial charge in [-0.25, -0.2) is 9.13 Å². The van der Waals surface area contributed by atoms with Crippen molar-refractivity contribution in [3.63, 3.8) is 0 Å². The zero-order chi connectivity index (χ0) is 33.3. The number of rotatable bonds is 0. The lowest BCUT2D eigenvalue weighted by Gasteiger charge is -2.17. The van der Waals surface area contributed by atoms with Crippen LogP contribution in [-0.4, -0.2) is 23.4 Å². The fourth-order valence-electron chi connectivity index (χ4n) is 7.24. The first-order valence-electron chi connectivity index (χ1n) is 17.9. The fourth-order valence-corrected chi connectivity index (χ4v) is 11.6. The van der Waals surface area contributed by atoms with Gasteiger partial charge in [0.25, 0.3) is 10.3 Å². The SMILES string of the molecule is C.c1ccc2c(c1)SC1=Nc3sc4ccccc4[n+]3CCCCCCN3C(=Nc4sc5ccccc5[n+]4CCCCCCN12)Sc1ccccc13. The van der Waals surface area contributed by atoms with Crippen LogP contribution in [0.15, 0.2) is 117 Å². The van der Waals surface area contributed by atoms with Crippen molar-refractivity contribution in [2.24, 2.45) is 9.98 Å². The smallest absolute Gasteiger partial charge is 0.299 e. The first kappa shape index (κ1) is 34.4. The lowest BCUT2D eigenvalue weighted by Crippen LogP contribution is -2.34. The Labute approximate surface area is 317 Å². The van der Waals surface area contributed by atoms with Crippen LogP contribution in [0, 0.1) is 0 Å². The van der Waals surface area contributed by atoms with Crippen molar-refractivity contribution in [2.45, 2.75) is 81.7 Å². The molecule has 2 aromatic heterocycles. The Morgan fingerprint density at radius 1 is 0.471 bits per heavy atom. The van der Waals surface area contributed by atoms with Crippen molar-refractivity contribution in [2.75, 3.05) is 22.9 Å². The van der Waals surface area contributed by atoms with Crippen LogP contribution in [0.1, 0.15) is 58.8 Å². The van der Waals surface area contributed by atoms with E-state index < -0.39 is 0 Å². The molecule has 0 fully saturated rings. The van der Waals surface area contributed by atoms with Crippen LogP contribution in [0.25, 0.3) is 20.4 Å². The van der Waals surface area contributed by atoms with Crippen molar-refractivity contribution < 1.29 is 9.13 Å². The van der Waals surface area contributed by atoms with Crippen molar-refractivity contribution >= 4 is 98.6 Å². The number of thiazole rings is 2. The summed E-state index contributed by atoms with van der Waals surface area (Å²) in [6.45, 7) is 3.92. The molecule has 0 saturated carbocycles. The molecule has 0 N–H and O–H groups in total. The van der Waals surface area contributed by atoms with E-state index in [0.717, 1.165) is 72.5 Å². The summed E-state index contributed by atoms with van der Waals surface area (Å²) in [4.78, 5) is 18.4. The maximum atomic E-state index is 5.44. The van der Waals surface area contributed by atoms with E-state index in [1.54, 1.807) is 0 Å². The molecule has 260 valence electrons. The molecule has 0 bridgehead atoms. The van der Waals surface area contributed by atoms with E-state index in [1.165, 1.54) is 67.3 Å². The zero-order valence-electron chi connectivity index (χ0n) is 28.0. The molecule has 0 spiro atoms. The number of anilines is 2. The number of hydrogen-bond donors (Lipinski definition) is 0. The van der Waals surface area contributed by atoms with E-state index in [-0.39, 0.29) is 7.43 Å². The minimum Gasteiger partial charge on any atom is -0.299 e. The minimum atomic E-state index is 0. The predicted octanol–water partition coefficient (Wildman–Crippen LogP) is 11.4.